The maximum Gasteiger partial charge on any atom is 0.251 e. The Bertz CT molecular complexity index is 326. The summed E-state index contributed by atoms with van der Waals surface area (Å²) in [4.78, 5) is 17.1. The third kappa shape index (κ3) is 2.48. The summed E-state index contributed by atoms with van der Waals surface area (Å²) in [5.41, 5.74) is -0.153. The number of nitrogens with zero attached hydrogens (tertiary/aromatic N) is 1. The van der Waals surface area contributed by atoms with Gasteiger partial charge in [-0.05, 0) is 0 Å². The topological polar surface area (TPSA) is 45.8 Å². The van der Waals surface area contributed by atoms with Crippen LogP contribution in [-0.2, 0) is 0 Å². The molecule has 0 saturated carbocycles. The molecule has 1 aromatic rings. The van der Waals surface area contributed by atoms with Gasteiger partial charge in [0.05, 0.1) is 5.75 Å². The minimum Gasteiger partial charge on any atom is -0.301 e. The lowest BCUT2D eigenvalue weighted by Crippen LogP contribution is -2.05. The first-order valence-electron chi connectivity index (χ1n) is 2.94. The van der Waals surface area contributed by atoms with Crippen molar-refractivity contribution in [2.45, 2.75) is 5.16 Å². The monoisotopic (exact) mass is 166 g/mol. The van der Waals surface area contributed by atoms with Crippen LogP contribution in [0.15, 0.2) is 22.2 Å². The number of terminal acetylenes is 1. The summed E-state index contributed by atoms with van der Waals surface area (Å²) in [6, 6.07) is 1.36. The maximum absolute atomic E-state index is 10.7. The van der Waals surface area contributed by atoms with Gasteiger partial charge in [-0.3, -0.25) is 4.79 Å². The van der Waals surface area contributed by atoms with Gasteiger partial charge >= 0.3 is 0 Å². The van der Waals surface area contributed by atoms with Crippen LogP contribution < -0.4 is 5.56 Å². The minimum absolute atomic E-state index is 0.153. The van der Waals surface area contributed by atoms with Gasteiger partial charge in [-0.25, -0.2) is 4.98 Å². The van der Waals surface area contributed by atoms with Crippen LogP contribution >= 0.6 is 11.8 Å². The molecule has 0 unspecified atom stereocenters. The zero-order valence-electron chi connectivity index (χ0n) is 5.70. The Balaban J connectivity index is 2.73. The summed E-state index contributed by atoms with van der Waals surface area (Å²) in [6.45, 7) is 0. The molecule has 0 bridgehead atoms. The lowest BCUT2D eigenvalue weighted by Gasteiger charge is -1.92. The van der Waals surface area contributed by atoms with E-state index in [2.05, 4.69) is 15.9 Å². The van der Waals surface area contributed by atoms with E-state index >= 15 is 0 Å². The fourth-order valence-electron chi connectivity index (χ4n) is 0.535. The van der Waals surface area contributed by atoms with Crippen molar-refractivity contribution in [1.82, 2.24) is 9.97 Å². The zero-order valence-corrected chi connectivity index (χ0v) is 6.52. The number of hydrogen-bond donors (Lipinski definition) is 1. The molecule has 0 aliphatic carbocycles. The first-order chi connectivity index (χ1) is 5.33. The van der Waals surface area contributed by atoms with Gasteiger partial charge in [0, 0.05) is 12.3 Å². The average molecular weight is 166 g/mol. The van der Waals surface area contributed by atoms with Gasteiger partial charge in [0.25, 0.3) is 5.56 Å². The van der Waals surface area contributed by atoms with Crippen LogP contribution in [0.1, 0.15) is 0 Å². The van der Waals surface area contributed by atoms with E-state index in [1.165, 1.54) is 24.0 Å². The van der Waals surface area contributed by atoms with Crippen molar-refractivity contribution >= 4 is 11.8 Å². The van der Waals surface area contributed by atoms with E-state index in [1.54, 1.807) is 0 Å². The van der Waals surface area contributed by atoms with Crippen molar-refractivity contribution in [3.63, 3.8) is 0 Å². The molecule has 56 valence electrons. The first kappa shape index (κ1) is 7.89. The van der Waals surface area contributed by atoms with Crippen molar-refractivity contribution in [3.8, 4) is 12.3 Å². The van der Waals surface area contributed by atoms with Crippen LogP contribution in [0.4, 0.5) is 0 Å². The third-order valence-corrected chi connectivity index (χ3v) is 1.73. The molecule has 0 atom stereocenters. The number of H-pyrrole nitrogens is 1. The highest BCUT2D eigenvalue weighted by atomic mass is 32.2. The smallest absolute Gasteiger partial charge is 0.251 e. The second kappa shape index (κ2) is 3.84. The molecule has 0 aromatic carbocycles. The molecule has 0 spiro atoms. The summed E-state index contributed by atoms with van der Waals surface area (Å²) < 4.78 is 0. The maximum atomic E-state index is 10.7. The van der Waals surface area contributed by atoms with E-state index in [0.717, 1.165) is 0 Å². The molecule has 0 aliphatic heterocycles. The van der Waals surface area contributed by atoms with Crippen molar-refractivity contribution in [1.29, 1.82) is 0 Å². The molecular formula is C7H6N2OS. The van der Waals surface area contributed by atoms with E-state index in [9.17, 15) is 4.79 Å². The van der Waals surface area contributed by atoms with Gasteiger partial charge < -0.3 is 4.98 Å². The van der Waals surface area contributed by atoms with Crippen LogP contribution in [-0.4, -0.2) is 15.7 Å². The number of nitrogens with one attached hydrogen (secondary N) is 1. The van der Waals surface area contributed by atoms with Gasteiger partial charge in [-0.2, -0.15) is 0 Å². The third-order valence-electron chi connectivity index (χ3n) is 0.940. The molecule has 0 saturated heterocycles. The summed E-state index contributed by atoms with van der Waals surface area (Å²) in [7, 11) is 0. The molecule has 1 rings (SSSR count). The molecule has 11 heavy (non-hydrogen) atoms. The van der Waals surface area contributed by atoms with E-state index in [0.29, 0.717) is 10.9 Å². The molecule has 1 aromatic heterocycles. The quantitative estimate of drug-likeness (QED) is 0.395. The molecule has 3 nitrogen and oxygen atoms in total. The summed E-state index contributed by atoms with van der Waals surface area (Å²) in [6.07, 6.45) is 6.48. The van der Waals surface area contributed by atoms with Crippen LogP contribution in [0.3, 0.4) is 0 Å². The standard InChI is InChI=1S/C7H6N2OS/c1-2-5-11-7-8-4-3-6(10)9-7/h1,3-4H,5H2,(H,8,9,10). The fourth-order valence-corrected chi connectivity index (χ4v) is 1.06. The fraction of sp³-hybridized carbons (Fsp3) is 0.143. The highest BCUT2D eigenvalue weighted by Gasteiger charge is 1.92. The number of rotatable bonds is 2. The van der Waals surface area contributed by atoms with Crippen LogP contribution in [0.25, 0.3) is 0 Å². The summed E-state index contributed by atoms with van der Waals surface area (Å²) >= 11 is 1.33. The van der Waals surface area contributed by atoms with Crippen LogP contribution in [0, 0.1) is 12.3 Å². The molecule has 0 fully saturated rings. The Morgan fingerprint density at radius 3 is 3.27 bits per heavy atom. The van der Waals surface area contributed by atoms with Gasteiger partial charge in [0.15, 0.2) is 5.16 Å². The summed E-state index contributed by atoms with van der Waals surface area (Å²) in [5, 5.41) is 0.565. The van der Waals surface area contributed by atoms with Gasteiger partial charge in [-0.1, -0.05) is 17.7 Å². The molecule has 0 aliphatic rings. The van der Waals surface area contributed by atoms with Crippen molar-refractivity contribution in [2.75, 3.05) is 5.75 Å². The lowest BCUT2D eigenvalue weighted by atomic mass is 10.7. The highest BCUT2D eigenvalue weighted by molar-refractivity contribution is 7.99. The van der Waals surface area contributed by atoms with E-state index in [1.807, 2.05) is 0 Å². The van der Waals surface area contributed by atoms with Gasteiger partial charge in [0.2, 0.25) is 0 Å². The minimum atomic E-state index is -0.153. The second-order valence-electron chi connectivity index (χ2n) is 1.73. The second-order valence-corrected chi connectivity index (χ2v) is 2.70. The molecular weight excluding hydrogens is 160 g/mol. The number of aromatic amines is 1. The van der Waals surface area contributed by atoms with Crippen molar-refractivity contribution < 1.29 is 0 Å². The van der Waals surface area contributed by atoms with E-state index < -0.39 is 0 Å². The Morgan fingerprint density at radius 1 is 1.82 bits per heavy atom. The normalized spacial score (nSPS) is 9.00. The lowest BCUT2D eigenvalue weighted by molar-refractivity contribution is 0.938. The largest absolute Gasteiger partial charge is 0.301 e. The SMILES string of the molecule is C#CCSc1nccc(=O)[nH]1. The number of hydrogen-bond acceptors (Lipinski definition) is 3. The van der Waals surface area contributed by atoms with Gasteiger partial charge in [0.1, 0.15) is 0 Å². The predicted octanol–water partition coefficient (Wildman–Crippen LogP) is 0.495. The molecule has 4 heteroatoms. The van der Waals surface area contributed by atoms with Crippen LogP contribution in [0.2, 0.25) is 0 Å². The summed E-state index contributed by atoms with van der Waals surface area (Å²) in [5.74, 6) is 2.96. The van der Waals surface area contributed by atoms with Gasteiger partial charge in [-0.15, -0.1) is 6.42 Å². The van der Waals surface area contributed by atoms with Crippen LogP contribution in [0.5, 0.6) is 0 Å². The molecule has 0 radical (unpaired) electrons. The highest BCUT2D eigenvalue weighted by Crippen LogP contribution is 2.07. The molecule has 1 N–H and O–H groups in total. The van der Waals surface area contributed by atoms with E-state index in [-0.39, 0.29) is 5.56 Å². The number of aromatic nitrogens is 2. The zero-order chi connectivity index (χ0) is 8.10. The Kier molecular flexibility index (Phi) is 2.75. The predicted molar refractivity (Wildman–Crippen MR) is 44.4 cm³/mol. The molecule has 1 heterocycles. The van der Waals surface area contributed by atoms with E-state index in [4.69, 9.17) is 6.42 Å². The average Bonchev–Trinajstić information content (AvgIpc) is 2.01. The molecule has 0 amide bonds. The Hall–Kier alpha value is -1.21. The number of thioether (sulfide) groups is 1. The Morgan fingerprint density at radius 2 is 2.64 bits per heavy atom. The Labute approximate surface area is 68.2 Å². The van der Waals surface area contributed by atoms with Crippen molar-refractivity contribution in [3.05, 3.63) is 22.6 Å². The van der Waals surface area contributed by atoms with Crippen molar-refractivity contribution in [2.24, 2.45) is 0 Å². The first-order valence-corrected chi connectivity index (χ1v) is 3.93.